The van der Waals surface area contributed by atoms with Crippen molar-refractivity contribution < 1.29 is 4.74 Å². The van der Waals surface area contributed by atoms with Crippen LogP contribution in [0.25, 0.3) is 0 Å². The molecular weight excluding hydrogens is 503 g/mol. The van der Waals surface area contributed by atoms with Crippen LogP contribution in [-0.4, -0.2) is 65.4 Å². The molecule has 1 atom stereocenters. The summed E-state index contributed by atoms with van der Waals surface area (Å²) in [5, 5.41) is 7.88. The van der Waals surface area contributed by atoms with Gasteiger partial charge >= 0.3 is 0 Å². The summed E-state index contributed by atoms with van der Waals surface area (Å²) >= 11 is 0. The number of aromatic nitrogens is 2. The molecule has 7 nitrogen and oxygen atoms in total. The lowest BCUT2D eigenvalue weighted by atomic mass is 10.0. The molecule has 1 aromatic carbocycles. The van der Waals surface area contributed by atoms with E-state index in [2.05, 4.69) is 49.5 Å². The van der Waals surface area contributed by atoms with E-state index in [0.29, 0.717) is 6.61 Å². The van der Waals surface area contributed by atoms with E-state index in [1.54, 1.807) is 0 Å². The number of nitrogens with zero attached hydrogens (tertiary/aromatic N) is 5. The van der Waals surface area contributed by atoms with Gasteiger partial charge in [0.25, 0.3) is 0 Å². The van der Waals surface area contributed by atoms with Gasteiger partial charge in [0, 0.05) is 45.5 Å². The number of guanidine groups is 1. The third-order valence-electron chi connectivity index (χ3n) is 6.07. The van der Waals surface area contributed by atoms with Crippen LogP contribution >= 0.6 is 24.0 Å². The zero-order chi connectivity index (χ0) is 20.8. The molecule has 0 amide bonds. The van der Waals surface area contributed by atoms with Gasteiger partial charge in [0.2, 0.25) is 0 Å². The largest absolute Gasteiger partial charge is 0.370 e. The average Bonchev–Trinajstić information content (AvgIpc) is 3.23. The smallest absolute Gasteiger partial charge is 0.194 e. The van der Waals surface area contributed by atoms with Crippen molar-refractivity contribution in [3.63, 3.8) is 0 Å². The second-order valence-electron chi connectivity index (χ2n) is 8.26. The first-order valence-electron chi connectivity index (χ1n) is 11.1. The van der Waals surface area contributed by atoms with E-state index in [-0.39, 0.29) is 30.1 Å². The van der Waals surface area contributed by atoms with Crippen LogP contribution < -0.4 is 5.32 Å². The van der Waals surface area contributed by atoms with Gasteiger partial charge in [-0.05, 0) is 37.1 Å². The summed E-state index contributed by atoms with van der Waals surface area (Å²) in [7, 11) is 3.79. The minimum absolute atomic E-state index is 0. The highest BCUT2D eigenvalue weighted by Gasteiger charge is 2.25. The molecule has 1 aromatic heterocycles. The number of ether oxygens (including phenoxy) is 1. The van der Waals surface area contributed by atoms with Gasteiger partial charge in [0.1, 0.15) is 6.10 Å². The first-order chi connectivity index (χ1) is 14.7. The summed E-state index contributed by atoms with van der Waals surface area (Å²) in [5.74, 6) is 0.931. The Morgan fingerprint density at radius 3 is 2.65 bits per heavy atom. The summed E-state index contributed by atoms with van der Waals surface area (Å²) in [5.41, 5.74) is 3.88. The maximum atomic E-state index is 5.99. The molecule has 2 aliphatic heterocycles. The van der Waals surface area contributed by atoms with Gasteiger partial charge in [-0.1, -0.05) is 30.7 Å². The van der Waals surface area contributed by atoms with Crippen LogP contribution in [0.4, 0.5) is 0 Å². The maximum Gasteiger partial charge on any atom is 0.194 e. The van der Waals surface area contributed by atoms with Crippen LogP contribution in [0.2, 0.25) is 0 Å². The van der Waals surface area contributed by atoms with E-state index in [1.807, 2.05) is 31.2 Å². The average molecular weight is 538 g/mol. The second-order valence-corrected chi connectivity index (χ2v) is 8.26. The number of hydrogen-bond acceptors (Lipinski definition) is 4. The van der Waals surface area contributed by atoms with Crippen molar-refractivity contribution in [2.75, 3.05) is 39.8 Å². The SMILES string of the molecule is CN=C(NCc1ccccc1CN1CCCCC1)N1CCOC(c2cnn(C)c2)C1.I. The molecule has 0 saturated carbocycles. The number of halogens is 1. The number of aryl methyl sites for hydroxylation is 1. The lowest BCUT2D eigenvalue weighted by Crippen LogP contribution is -2.48. The van der Waals surface area contributed by atoms with Crippen molar-refractivity contribution in [2.24, 2.45) is 12.0 Å². The van der Waals surface area contributed by atoms with Gasteiger partial charge in [-0.15, -0.1) is 24.0 Å². The zero-order valence-electron chi connectivity index (χ0n) is 18.7. The van der Waals surface area contributed by atoms with Crippen molar-refractivity contribution in [3.05, 3.63) is 53.3 Å². The second kappa shape index (κ2) is 11.8. The Morgan fingerprint density at radius 1 is 1.16 bits per heavy atom. The normalized spacial score (nSPS) is 20.4. The minimum Gasteiger partial charge on any atom is -0.370 e. The molecule has 0 radical (unpaired) electrons. The van der Waals surface area contributed by atoms with E-state index in [1.165, 1.54) is 43.5 Å². The Bertz CT molecular complexity index is 848. The standard InChI is InChI=1S/C23H34N6O.HI/c1-24-23(29-12-13-30-22(18-29)21-15-26-27(2)16-21)25-14-19-8-4-5-9-20(19)17-28-10-6-3-7-11-28;/h4-5,8-9,15-16,22H,3,6-7,10-14,17-18H2,1-2H3,(H,24,25);1H. The molecule has 1 N–H and O–H groups in total. The van der Waals surface area contributed by atoms with Crippen LogP contribution in [0.1, 0.15) is 42.1 Å². The van der Waals surface area contributed by atoms with E-state index >= 15 is 0 Å². The molecule has 0 spiro atoms. The van der Waals surface area contributed by atoms with Gasteiger partial charge < -0.3 is 15.0 Å². The molecule has 0 aliphatic carbocycles. The van der Waals surface area contributed by atoms with E-state index in [9.17, 15) is 0 Å². The lowest BCUT2D eigenvalue weighted by Gasteiger charge is -2.35. The van der Waals surface area contributed by atoms with Crippen molar-refractivity contribution in [3.8, 4) is 0 Å². The Labute approximate surface area is 202 Å². The Morgan fingerprint density at radius 2 is 1.94 bits per heavy atom. The number of likely N-dealkylation sites (tertiary alicyclic amines) is 1. The maximum absolute atomic E-state index is 5.99. The van der Waals surface area contributed by atoms with Gasteiger partial charge in [0.15, 0.2) is 5.96 Å². The number of aliphatic imine (C=N–C) groups is 1. The van der Waals surface area contributed by atoms with Crippen LogP contribution in [0.5, 0.6) is 0 Å². The Balaban J connectivity index is 0.00000272. The van der Waals surface area contributed by atoms with Crippen molar-refractivity contribution >= 4 is 29.9 Å². The van der Waals surface area contributed by atoms with Crippen LogP contribution in [0, 0.1) is 0 Å². The number of morpholine rings is 1. The fourth-order valence-corrected chi connectivity index (χ4v) is 4.40. The zero-order valence-corrected chi connectivity index (χ0v) is 21.0. The summed E-state index contributed by atoms with van der Waals surface area (Å²) in [6.07, 6.45) is 7.96. The number of hydrogen-bond donors (Lipinski definition) is 1. The summed E-state index contributed by atoms with van der Waals surface area (Å²) in [4.78, 5) is 9.42. The summed E-state index contributed by atoms with van der Waals surface area (Å²) in [6, 6.07) is 8.78. The topological polar surface area (TPSA) is 57.9 Å². The highest BCUT2D eigenvalue weighted by Crippen LogP contribution is 2.22. The Hall–Kier alpha value is -1.65. The van der Waals surface area contributed by atoms with Gasteiger partial charge in [-0.3, -0.25) is 14.6 Å². The van der Waals surface area contributed by atoms with Crippen molar-refractivity contribution in [1.82, 2.24) is 24.9 Å². The summed E-state index contributed by atoms with van der Waals surface area (Å²) in [6.45, 7) is 6.56. The third-order valence-corrected chi connectivity index (χ3v) is 6.07. The van der Waals surface area contributed by atoms with Crippen LogP contribution in [-0.2, 0) is 24.9 Å². The first-order valence-corrected chi connectivity index (χ1v) is 11.1. The summed E-state index contributed by atoms with van der Waals surface area (Å²) < 4.78 is 7.81. The molecular formula is C23H35IN6O. The molecule has 4 rings (SSSR count). The quantitative estimate of drug-likeness (QED) is 0.360. The van der Waals surface area contributed by atoms with Gasteiger partial charge in [-0.2, -0.15) is 5.10 Å². The third kappa shape index (κ3) is 6.43. The van der Waals surface area contributed by atoms with Gasteiger partial charge in [-0.25, -0.2) is 0 Å². The number of piperidine rings is 1. The molecule has 0 bridgehead atoms. The fraction of sp³-hybridized carbons (Fsp3) is 0.565. The fourth-order valence-electron chi connectivity index (χ4n) is 4.40. The molecule has 2 saturated heterocycles. The van der Waals surface area contributed by atoms with Crippen LogP contribution in [0.3, 0.4) is 0 Å². The molecule has 2 fully saturated rings. The molecule has 31 heavy (non-hydrogen) atoms. The van der Waals surface area contributed by atoms with Crippen molar-refractivity contribution in [2.45, 2.75) is 38.5 Å². The molecule has 1 unspecified atom stereocenters. The molecule has 2 aliphatic rings. The highest BCUT2D eigenvalue weighted by atomic mass is 127. The minimum atomic E-state index is 0. The number of rotatable bonds is 5. The van der Waals surface area contributed by atoms with E-state index < -0.39 is 0 Å². The molecule has 3 heterocycles. The lowest BCUT2D eigenvalue weighted by molar-refractivity contribution is -0.00805. The highest BCUT2D eigenvalue weighted by molar-refractivity contribution is 14.0. The number of benzene rings is 1. The van der Waals surface area contributed by atoms with E-state index in [0.717, 1.165) is 37.7 Å². The predicted molar refractivity (Wildman–Crippen MR) is 135 cm³/mol. The predicted octanol–water partition coefficient (Wildman–Crippen LogP) is 3.17. The van der Waals surface area contributed by atoms with Crippen molar-refractivity contribution in [1.29, 1.82) is 0 Å². The van der Waals surface area contributed by atoms with E-state index in [4.69, 9.17) is 4.74 Å². The van der Waals surface area contributed by atoms with Crippen LogP contribution in [0.15, 0.2) is 41.7 Å². The first kappa shape index (κ1) is 24.0. The number of nitrogens with one attached hydrogen (secondary N) is 1. The molecule has 2 aromatic rings. The molecule has 8 heteroatoms. The monoisotopic (exact) mass is 538 g/mol. The Kier molecular flexibility index (Phi) is 9.15. The molecule has 170 valence electrons. The van der Waals surface area contributed by atoms with Gasteiger partial charge in [0.05, 0.1) is 19.3 Å².